The Balaban J connectivity index is 2.02. The molecule has 0 spiro atoms. The summed E-state index contributed by atoms with van der Waals surface area (Å²) in [6.45, 7) is 2.52. The van der Waals surface area contributed by atoms with Gasteiger partial charge in [-0.25, -0.2) is 0 Å². The van der Waals surface area contributed by atoms with Crippen LogP contribution in [0.15, 0.2) is 34.8 Å². The van der Waals surface area contributed by atoms with Crippen molar-refractivity contribution in [1.82, 2.24) is 9.78 Å². The van der Waals surface area contributed by atoms with Crippen LogP contribution in [0.3, 0.4) is 0 Å². The van der Waals surface area contributed by atoms with Gasteiger partial charge >= 0.3 is 0 Å². The summed E-state index contributed by atoms with van der Waals surface area (Å²) in [7, 11) is 1.93. The van der Waals surface area contributed by atoms with E-state index >= 15 is 0 Å². The fraction of sp³-hybridized carbons (Fsp3) is 0.250. The van der Waals surface area contributed by atoms with E-state index in [0.717, 1.165) is 21.6 Å². The lowest BCUT2D eigenvalue weighted by Crippen LogP contribution is -1.98. The molecule has 2 aromatic rings. The van der Waals surface area contributed by atoms with Crippen molar-refractivity contribution in [2.75, 3.05) is 0 Å². The number of hydrogen-bond donors (Lipinski definition) is 0. The molecule has 1 heterocycles. The van der Waals surface area contributed by atoms with Gasteiger partial charge in [-0.3, -0.25) is 4.68 Å². The van der Waals surface area contributed by atoms with E-state index in [4.69, 9.17) is 4.74 Å². The number of aryl methyl sites for hydroxylation is 2. The molecule has 0 amide bonds. The number of halogens is 1. The maximum atomic E-state index is 5.64. The lowest BCUT2D eigenvalue weighted by Gasteiger charge is -2.03. The van der Waals surface area contributed by atoms with Crippen LogP contribution in [-0.4, -0.2) is 9.78 Å². The Hall–Kier alpha value is -1.29. The molecule has 0 unspecified atom stereocenters. The van der Waals surface area contributed by atoms with Crippen LogP contribution in [0.5, 0.6) is 5.75 Å². The van der Waals surface area contributed by atoms with E-state index in [-0.39, 0.29) is 0 Å². The van der Waals surface area contributed by atoms with Crippen molar-refractivity contribution in [3.8, 4) is 5.75 Å². The van der Waals surface area contributed by atoms with Crippen molar-refractivity contribution in [2.24, 2.45) is 7.05 Å². The first-order valence-corrected chi connectivity index (χ1v) is 5.82. The zero-order valence-electron chi connectivity index (χ0n) is 9.27. The van der Waals surface area contributed by atoms with E-state index in [1.54, 1.807) is 0 Å². The Kier molecular flexibility index (Phi) is 3.29. The molecule has 84 valence electrons. The maximum Gasteiger partial charge on any atom is 0.132 e. The summed E-state index contributed by atoms with van der Waals surface area (Å²) in [5.41, 5.74) is 2.08. The zero-order chi connectivity index (χ0) is 11.5. The molecule has 2 rings (SSSR count). The van der Waals surface area contributed by atoms with Gasteiger partial charge in [-0.1, -0.05) is 22.0 Å². The van der Waals surface area contributed by atoms with E-state index in [2.05, 4.69) is 21.0 Å². The fourth-order valence-corrected chi connectivity index (χ4v) is 1.80. The molecule has 1 aromatic carbocycles. The normalized spacial score (nSPS) is 10.4. The van der Waals surface area contributed by atoms with Gasteiger partial charge in [0.05, 0.1) is 0 Å². The van der Waals surface area contributed by atoms with Crippen molar-refractivity contribution in [3.63, 3.8) is 0 Å². The van der Waals surface area contributed by atoms with Gasteiger partial charge in [0.15, 0.2) is 0 Å². The Labute approximate surface area is 103 Å². The largest absolute Gasteiger partial charge is 0.487 e. The Bertz CT molecular complexity index is 474. The molecule has 3 nitrogen and oxygen atoms in total. The van der Waals surface area contributed by atoms with Crippen LogP contribution in [0.25, 0.3) is 0 Å². The summed E-state index contributed by atoms with van der Waals surface area (Å²) in [5.74, 6) is 0.845. The highest BCUT2D eigenvalue weighted by Gasteiger charge is 2.02. The van der Waals surface area contributed by atoms with Gasteiger partial charge in [-0.05, 0) is 31.2 Å². The number of rotatable bonds is 3. The molecule has 1 aromatic heterocycles. The highest BCUT2D eigenvalue weighted by atomic mass is 79.9. The number of benzene rings is 1. The van der Waals surface area contributed by atoms with Crippen molar-refractivity contribution in [1.29, 1.82) is 0 Å². The van der Waals surface area contributed by atoms with Crippen LogP contribution in [0.4, 0.5) is 0 Å². The minimum atomic E-state index is 0.498. The smallest absolute Gasteiger partial charge is 0.132 e. The second-order valence-corrected chi connectivity index (χ2v) is 4.56. The van der Waals surface area contributed by atoms with E-state index in [0.29, 0.717) is 6.61 Å². The van der Waals surface area contributed by atoms with Gasteiger partial charge in [-0.15, -0.1) is 0 Å². The second kappa shape index (κ2) is 4.70. The third-order valence-corrected chi connectivity index (χ3v) is 2.84. The number of ether oxygens (including phenoxy) is 1. The third-order valence-electron chi connectivity index (χ3n) is 2.35. The van der Waals surface area contributed by atoms with Crippen molar-refractivity contribution >= 4 is 15.9 Å². The molecule has 0 N–H and O–H groups in total. The molecule has 0 saturated heterocycles. The molecule has 0 aliphatic heterocycles. The van der Waals surface area contributed by atoms with Crippen LogP contribution >= 0.6 is 15.9 Å². The van der Waals surface area contributed by atoms with Crippen LogP contribution in [-0.2, 0) is 13.7 Å². The van der Waals surface area contributed by atoms with Crippen LogP contribution < -0.4 is 4.74 Å². The standard InChI is InChI=1S/C12H13BrN2O/c1-9-6-11(14-15(9)2)8-16-12-5-3-4-10(13)7-12/h3-7H,8H2,1-2H3. The third kappa shape index (κ3) is 2.64. The van der Waals surface area contributed by atoms with Crippen LogP contribution in [0.2, 0.25) is 0 Å². The topological polar surface area (TPSA) is 27.1 Å². The SMILES string of the molecule is Cc1cc(COc2cccc(Br)c2)nn1C. The lowest BCUT2D eigenvalue weighted by atomic mass is 10.3. The predicted octanol–water partition coefficient (Wildman–Crippen LogP) is 3.07. The molecule has 16 heavy (non-hydrogen) atoms. The first-order valence-electron chi connectivity index (χ1n) is 5.03. The summed E-state index contributed by atoms with van der Waals surface area (Å²) in [6.07, 6.45) is 0. The first-order chi connectivity index (χ1) is 7.65. The molecular weight excluding hydrogens is 268 g/mol. The molecule has 0 radical (unpaired) electrons. The van der Waals surface area contributed by atoms with E-state index < -0.39 is 0 Å². The summed E-state index contributed by atoms with van der Waals surface area (Å²) in [6, 6.07) is 9.81. The summed E-state index contributed by atoms with van der Waals surface area (Å²) < 4.78 is 8.50. The predicted molar refractivity (Wildman–Crippen MR) is 66.4 cm³/mol. The molecule has 0 fully saturated rings. The number of aromatic nitrogens is 2. The van der Waals surface area contributed by atoms with E-state index in [9.17, 15) is 0 Å². The van der Waals surface area contributed by atoms with Crippen molar-refractivity contribution in [3.05, 3.63) is 46.2 Å². The molecule has 0 bridgehead atoms. The highest BCUT2D eigenvalue weighted by Crippen LogP contribution is 2.18. The molecule has 0 saturated carbocycles. The first kappa shape index (κ1) is 11.2. The number of nitrogens with zero attached hydrogens (tertiary/aromatic N) is 2. The van der Waals surface area contributed by atoms with Crippen molar-refractivity contribution < 1.29 is 4.74 Å². The highest BCUT2D eigenvalue weighted by molar-refractivity contribution is 9.10. The van der Waals surface area contributed by atoms with Gasteiger partial charge in [0.1, 0.15) is 18.1 Å². The molecular formula is C12H13BrN2O. The monoisotopic (exact) mass is 280 g/mol. The summed E-state index contributed by atoms with van der Waals surface area (Å²) in [5, 5.41) is 4.33. The molecule has 0 atom stereocenters. The Morgan fingerprint density at radius 1 is 1.38 bits per heavy atom. The fourth-order valence-electron chi connectivity index (χ4n) is 1.42. The molecule has 4 heteroatoms. The lowest BCUT2D eigenvalue weighted by molar-refractivity contribution is 0.300. The van der Waals surface area contributed by atoms with E-state index in [1.807, 2.05) is 49.0 Å². The number of hydrogen-bond acceptors (Lipinski definition) is 2. The maximum absolute atomic E-state index is 5.64. The second-order valence-electron chi connectivity index (χ2n) is 3.65. The van der Waals surface area contributed by atoms with Gasteiger partial charge in [-0.2, -0.15) is 5.10 Å². The van der Waals surface area contributed by atoms with Gasteiger partial charge in [0, 0.05) is 17.2 Å². The summed E-state index contributed by atoms with van der Waals surface area (Å²) in [4.78, 5) is 0. The summed E-state index contributed by atoms with van der Waals surface area (Å²) >= 11 is 3.40. The van der Waals surface area contributed by atoms with Gasteiger partial charge < -0.3 is 4.74 Å². The quantitative estimate of drug-likeness (QED) is 0.864. The minimum Gasteiger partial charge on any atom is -0.487 e. The average molecular weight is 281 g/mol. The van der Waals surface area contributed by atoms with Crippen molar-refractivity contribution in [2.45, 2.75) is 13.5 Å². The Morgan fingerprint density at radius 3 is 2.81 bits per heavy atom. The van der Waals surface area contributed by atoms with Crippen LogP contribution in [0.1, 0.15) is 11.4 Å². The molecule has 0 aliphatic rings. The zero-order valence-corrected chi connectivity index (χ0v) is 10.9. The van der Waals surface area contributed by atoms with Gasteiger partial charge in [0.2, 0.25) is 0 Å². The van der Waals surface area contributed by atoms with Crippen LogP contribution in [0, 0.1) is 6.92 Å². The van der Waals surface area contributed by atoms with Gasteiger partial charge in [0.25, 0.3) is 0 Å². The van der Waals surface area contributed by atoms with E-state index in [1.165, 1.54) is 0 Å². The Morgan fingerprint density at radius 2 is 2.19 bits per heavy atom. The minimum absolute atomic E-state index is 0.498. The molecule has 0 aliphatic carbocycles. The average Bonchev–Trinajstić information content (AvgIpc) is 2.56.